The van der Waals surface area contributed by atoms with E-state index in [1.54, 1.807) is 0 Å². The Bertz CT molecular complexity index is 750. The Hall–Kier alpha value is -2.29. The molecule has 1 aromatic carbocycles. The number of fused-ring (bicyclic) bond motifs is 1. The third kappa shape index (κ3) is 3.03. The average Bonchev–Trinajstić information content (AvgIpc) is 2.74. The maximum absolute atomic E-state index is 12.5. The summed E-state index contributed by atoms with van der Waals surface area (Å²) < 4.78 is 40.8. The number of nitrogens with zero attached hydrogens (tertiary/aromatic N) is 1. The number of carbonyl (C=O) groups is 3. The Kier molecular flexibility index (Phi) is 3.90. The van der Waals surface area contributed by atoms with E-state index in [0.717, 1.165) is 12.1 Å². The first-order chi connectivity index (χ1) is 11.2. The van der Waals surface area contributed by atoms with Crippen LogP contribution in [0.2, 0.25) is 5.02 Å². The highest BCUT2D eigenvalue weighted by molar-refractivity contribution is 6.34. The van der Waals surface area contributed by atoms with Crippen LogP contribution in [0.1, 0.15) is 28.8 Å². The number of imide groups is 1. The van der Waals surface area contributed by atoms with Crippen LogP contribution in [0, 0.1) is 0 Å². The molecular formula is C14H10ClF3N2O4. The highest BCUT2D eigenvalue weighted by atomic mass is 35.5. The maximum Gasteiger partial charge on any atom is 0.573 e. The fourth-order valence-corrected chi connectivity index (χ4v) is 3.13. The molecular weight excluding hydrogens is 353 g/mol. The van der Waals surface area contributed by atoms with Crippen molar-refractivity contribution in [1.29, 1.82) is 0 Å². The van der Waals surface area contributed by atoms with Gasteiger partial charge in [-0.05, 0) is 24.1 Å². The zero-order chi connectivity index (χ0) is 17.6. The summed E-state index contributed by atoms with van der Waals surface area (Å²) in [5.41, 5.74) is 0.271. The van der Waals surface area contributed by atoms with Crippen molar-refractivity contribution >= 4 is 29.3 Å². The van der Waals surface area contributed by atoms with E-state index in [-0.39, 0.29) is 35.5 Å². The Morgan fingerprint density at radius 3 is 2.58 bits per heavy atom. The van der Waals surface area contributed by atoms with Crippen molar-refractivity contribution in [1.82, 2.24) is 10.2 Å². The molecule has 1 unspecified atom stereocenters. The second-order valence-corrected chi connectivity index (χ2v) is 5.79. The number of benzene rings is 1. The number of nitrogens with one attached hydrogen (secondary N) is 1. The lowest BCUT2D eigenvalue weighted by molar-refractivity contribution is -0.274. The standard InChI is InChI=1S/C14H10ClF3N2O4/c15-8-4-7(24-14(16,17)18)3-6-5-20(13(23)11(6)8)9-1-2-10(21)19-12(9)22/h3-4,9H,1-2,5H2,(H,19,21,22). The van der Waals surface area contributed by atoms with Gasteiger partial charge in [-0.3, -0.25) is 19.7 Å². The molecule has 2 aliphatic heterocycles. The molecule has 0 bridgehead atoms. The van der Waals surface area contributed by atoms with Gasteiger partial charge in [0.15, 0.2) is 0 Å². The number of hydrogen-bond acceptors (Lipinski definition) is 4. The molecule has 0 aliphatic carbocycles. The summed E-state index contributed by atoms with van der Waals surface area (Å²) in [7, 11) is 0. The van der Waals surface area contributed by atoms with Crippen molar-refractivity contribution < 1.29 is 32.3 Å². The molecule has 2 aliphatic rings. The Morgan fingerprint density at radius 2 is 1.96 bits per heavy atom. The Labute approximate surface area is 138 Å². The molecule has 1 N–H and O–H groups in total. The highest BCUT2D eigenvalue weighted by Crippen LogP contribution is 2.36. The van der Waals surface area contributed by atoms with Gasteiger partial charge in [-0.1, -0.05) is 11.6 Å². The largest absolute Gasteiger partial charge is 0.573 e. The fourth-order valence-electron chi connectivity index (χ4n) is 2.82. The summed E-state index contributed by atoms with van der Waals surface area (Å²) in [5.74, 6) is -2.15. The van der Waals surface area contributed by atoms with E-state index in [1.807, 2.05) is 0 Å². The molecule has 0 saturated carbocycles. The number of rotatable bonds is 2. The Balaban J connectivity index is 1.88. The molecule has 1 saturated heterocycles. The van der Waals surface area contributed by atoms with Crippen molar-refractivity contribution in [3.8, 4) is 5.75 Å². The lowest BCUT2D eigenvalue weighted by Crippen LogP contribution is -2.52. The summed E-state index contributed by atoms with van der Waals surface area (Å²) >= 11 is 5.91. The number of amides is 3. The van der Waals surface area contributed by atoms with Crippen LogP contribution in [0.5, 0.6) is 5.75 Å². The second kappa shape index (κ2) is 5.66. The Morgan fingerprint density at radius 1 is 1.25 bits per heavy atom. The average molecular weight is 363 g/mol. The zero-order valence-corrected chi connectivity index (χ0v) is 12.7. The highest BCUT2D eigenvalue weighted by Gasteiger charge is 2.41. The van der Waals surface area contributed by atoms with Crippen LogP contribution < -0.4 is 10.1 Å². The summed E-state index contributed by atoms with van der Waals surface area (Å²) in [5, 5.41) is 1.94. The first-order valence-corrected chi connectivity index (χ1v) is 7.26. The van der Waals surface area contributed by atoms with E-state index in [9.17, 15) is 27.6 Å². The molecule has 128 valence electrons. The topological polar surface area (TPSA) is 75.7 Å². The van der Waals surface area contributed by atoms with Gasteiger partial charge in [0.1, 0.15) is 11.8 Å². The molecule has 3 amide bonds. The van der Waals surface area contributed by atoms with E-state index in [4.69, 9.17) is 11.6 Å². The quantitative estimate of drug-likeness (QED) is 0.816. The summed E-state index contributed by atoms with van der Waals surface area (Å²) in [6, 6.07) is 1.10. The summed E-state index contributed by atoms with van der Waals surface area (Å²) in [4.78, 5) is 36.7. The van der Waals surface area contributed by atoms with Gasteiger partial charge in [0, 0.05) is 13.0 Å². The minimum Gasteiger partial charge on any atom is -0.406 e. The van der Waals surface area contributed by atoms with Crippen LogP contribution in [-0.2, 0) is 16.1 Å². The number of hydrogen-bond donors (Lipinski definition) is 1. The van der Waals surface area contributed by atoms with Crippen molar-refractivity contribution in [3.63, 3.8) is 0 Å². The lowest BCUT2D eigenvalue weighted by Gasteiger charge is -2.29. The van der Waals surface area contributed by atoms with Crippen LogP contribution in [0.4, 0.5) is 13.2 Å². The number of halogens is 4. The molecule has 10 heteroatoms. The van der Waals surface area contributed by atoms with Gasteiger partial charge < -0.3 is 9.64 Å². The van der Waals surface area contributed by atoms with E-state index < -0.39 is 35.9 Å². The minimum absolute atomic E-state index is 0.0379. The predicted octanol–water partition coefficient (Wildman–Crippen LogP) is 2.00. The van der Waals surface area contributed by atoms with Crippen LogP contribution in [0.25, 0.3) is 0 Å². The first-order valence-electron chi connectivity index (χ1n) is 6.88. The molecule has 2 heterocycles. The molecule has 1 aromatic rings. The molecule has 24 heavy (non-hydrogen) atoms. The molecule has 6 nitrogen and oxygen atoms in total. The fraction of sp³-hybridized carbons (Fsp3) is 0.357. The van der Waals surface area contributed by atoms with Gasteiger partial charge in [-0.2, -0.15) is 0 Å². The number of piperidine rings is 1. The summed E-state index contributed by atoms with van der Waals surface area (Å²) in [6.45, 7) is -0.0881. The van der Waals surface area contributed by atoms with Crippen LogP contribution in [0.3, 0.4) is 0 Å². The number of ether oxygens (including phenoxy) is 1. The molecule has 1 atom stereocenters. The molecule has 0 radical (unpaired) electrons. The van der Waals surface area contributed by atoms with Gasteiger partial charge >= 0.3 is 6.36 Å². The first kappa shape index (κ1) is 16.6. The zero-order valence-electron chi connectivity index (χ0n) is 11.9. The van der Waals surface area contributed by atoms with Crippen LogP contribution in [-0.4, -0.2) is 35.0 Å². The molecule has 1 fully saturated rings. The number of alkyl halides is 3. The third-order valence-corrected chi connectivity index (χ3v) is 4.08. The lowest BCUT2D eigenvalue weighted by atomic mass is 10.0. The van der Waals surface area contributed by atoms with Gasteiger partial charge in [-0.15, -0.1) is 13.2 Å². The summed E-state index contributed by atoms with van der Waals surface area (Å²) in [6.07, 6.45) is -4.66. The molecule has 0 spiro atoms. The van der Waals surface area contributed by atoms with Crippen LogP contribution >= 0.6 is 11.6 Å². The van der Waals surface area contributed by atoms with Crippen molar-refractivity contribution in [3.05, 3.63) is 28.3 Å². The minimum atomic E-state index is -4.89. The maximum atomic E-state index is 12.5. The van der Waals surface area contributed by atoms with Crippen molar-refractivity contribution in [2.45, 2.75) is 31.8 Å². The van der Waals surface area contributed by atoms with E-state index >= 15 is 0 Å². The van der Waals surface area contributed by atoms with Gasteiger partial charge in [0.25, 0.3) is 5.91 Å². The monoisotopic (exact) mass is 362 g/mol. The molecule has 3 rings (SSSR count). The van der Waals surface area contributed by atoms with E-state index in [2.05, 4.69) is 10.1 Å². The molecule has 0 aromatic heterocycles. The van der Waals surface area contributed by atoms with Crippen molar-refractivity contribution in [2.75, 3.05) is 0 Å². The van der Waals surface area contributed by atoms with Crippen LogP contribution in [0.15, 0.2) is 12.1 Å². The smallest absolute Gasteiger partial charge is 0.406 e. The van der Waals surface area contributed by atoms with E-state index in [1.165, 1.54) is 4.90 Å². The van der Waals surface area contributed by atoms with Crippen molar-refractivity contribution in [2.24, 2.45) is 0 Å². The van der Waals surface area contributed by atoms with Gasteiger partial charge in [-0.25, -0.2) is 0 Å². The number of carbonyl (C=O) groups excluding carboxylic acids is 3. The second-order valence-electron chi connectivity index (χ2n) is 5.39. The normalized spacial score (nSPS) is 20.9. The SMILES string of the molecule is O=C1CCC(N2Cc3cc(OC(F)(F)F)cc(Cl)c3C2=O)C(=O)N1. The third-order valence-electron chi connectivity index (χ3n) is 3.78. The van der Waals surface area contributed by atoms with Gasteiger partial charge in [0.05, 0.1) is 10.6 Å². The van der Waals surface area contributed by atoms with E-state index in [0.29, 0.717) is 0 Å². The van der Waals surface area contributed by atoms with Gasteiger partial charge in [0.2, 0.25) is 11.8 Å². The predicted molar refractivity (Wildman–Crippen MR) is 74.2 cm³/mol.